The number of carbonyl (C=O) groups excluding carboxylic acids is 3. The van der Waals surface area contributed by atoms with Crippen molar-refractivity contribution in [2.75, 3.05) is 14.2 Å². The van der Waals surface area contributed by atoms with Crippen LogP contribution in [0.25, 0.3) is 0 Å². The van der Waals surface area contributed by atoms with Gasteiger partial charge < -0.3 is 9.47 Å². The van der Waals surface area contributed by atoms with Crippen molar-refractivity contribution < 1.29 is 23.9 Å². The summed E-state index contributed by atoms with van der Waals surface area (Å²) in [6, 6.07) is 8.96. The molecule has 5 nitrogen and oxygen atoms in total. The number of esters is 2. The zero-order valence-electron chi connectivity index (χ0n) is 13.3. The SMILES string of the molecule is COC(=O)C1(C(=O)OC)CC=C(C(=O)c2ccccc2)CCC1. The first kappa shape index (κ1) is 16.9. The molecule has 23 heavy (non-hydrogen) atoms. The van der Waals surface area contributed by atoms with Gasteiger partial charge in [0.25, 0.3) is 0 Å². The maximum absolute atomic E-state index is 12.5. The van der Waals surface area contributed by atoms with Crippen molar-refractivity contribution in [3.05, 3.63) is 47.5 Å². The minimum Gasteiger partial charge on any atom is -0.468 e. The van der Waals surface area contributed by atoms with E-state index in [0.717, 1.165) is 0 Å². The van der Waals surface area contributed by atoms with Crippen molar-refractivity contribution in [2.24, 2.45) is 5.41 Å². The molecule has 0 unspecified atom stereocenters. The number of benzene rings is 1. The summed E-state index contributed by atoms with van der Waals surface area (Å²) in [5.74, 6) is -1.31. The van der Waals surface area contributed by atoms with Crippen molar-refractivity contribution in [3.8, 4) is 0 Å². The number of ether oxygens (including phenoxy) is 2. The third-order valence-corrected chi connectivity index (χ3v) is 4.23. The Bertz CT molecular complexity index is 614. The highest BCUT2D eigenvalue weighted by atomic mass is 16.5. The molecule has 1 aromatic carbocycles. The third-order valence-electron chi connectivity index (χ3n) is 4.23. The maximum atomic E-state index is 12.5. The molecule has 0 aromatic heterocycles. The van der Waals surface area contributed by atoms with Crippen molar-refractivity contribution in [1.29, 1.82) is 0 Å². The Morgan fingerprint density at radius 3 is 2.17 bits per heavy atom. The fourth-order valence-electron chi connectivity index (χ4n) is 2.91. The monoisotopic (exact) mass is 316 g/mol. The quantitative estimate of drug-likeness (QED) is 0.485. The number of allylic oxidation sites excluding steroid dienone is 2. The minimum absolute atomic E-state index is 0.0730. The maximum Gasteiger partial charge on any atom is 0.323 e. The van der Waals surface area contributed by atoms with Gasteiger partial charge in [-0.2, -0.15) is 0 Å². The van der Waals surface area contributed by atoms with Gasteiger partial charge in [-0.1, -0.05) is 36.4 Å². The molecular formula is C18H20O5. The van der Waals surface area contributed by atoms with Crippen LogP contribution >= 0.6 is 0 Å². The first-order chi connectivity index (χ1) is 11.0. The van der Waals surface area contributed by atoms with Crippen molar-refractivity contribution in [3.63, 3.8) is 0 Å². The van der Waals surface area contributed by atoms with Gasteiger partial charge in [0, 0.05) is 5.56 Å². The lowest BCUT2D eigenvalue weighted by Crippen LogP contribution is -2.40. The number of methoxy groups -OCH3 is 2. The first-order valence-corrected chi connectivity index (χ1v) is 7.51. The lowest BCUT2D eigenvalue weighted by molar-refractivity contribution is -0.169. The van der Waals surface area contributed by atoms with Crippen molar-refractivity contribution >= 4 is 17.7 Å². The van der Waals surface area contributed by atoms with Crippen LogP contribution in [0, 0.1) is 5.41 Å². The molecule has 0 aliphatic heterocycles. The smallest absolute Gasteiger partial charge is 0.323 e. The van der Waals surface area contributed by atoms with Crippen LogP contribution in [0.2, 0.25) is 0 Å². The van der Waals surface area contributed by atoms with Crippen LogP contribution in [-0.4, -0.2) is 31.9 Å². The molecule has 2 rings (SSSR count). The van der Waals surface area contributed by atoms with Crippen molar-refractivity contribution in [1.82, 2.24) is 0 Å². The number of Topliss-reactive ketones (excluding diaryl/α,β-unsaturated/α-hetero) is 1. The molecule has 0 amide bonds. The lowest BCUT2D eigenvalue weighted by Gasteiger charge is -2.25. The summed E-state index contributed by atoms with van der Waals surface area (Å²) >= 11 is 0. The van der Waals surface area contributed by atoms with Gasteiger partial charge in [-0.25, -0.2) is 0 Å². The molecule has 122 valence electrons. The summed E-state index contributed by atoms with van der Waals surface area (Å²) in [6.07, 6.45) is 3.14. The van der Waals surface area contributed by atoms with Gasteiger partial charge in [0.1, 0.15) is 0 Å². The van der Waals surface area contributed by atoms with Gasteiger partial charge in [0.2, 0.25) is 0 Å². The summed E-state index contributed by atoms with van der Waals surface area (Å²) in [5, 5.41) is 0. The molecule has 5 heteroatoms. The number of rotatable bonds is 4. The third kappa shape index (κ3) is 3.33. The fraction of sp³-hybridized carbons (Fsp3) is 0.389. The van der Waals surface area contributed by atoms with E-state index in [1.165, 1.54) is 14.2 Å². The van der Waals surface area contributed by atoms with Crippen molar-refractivity contribution in [2.45, 2.75) is 25.7 Å². The Morgan fingerprint density at radius 1 is 1.00 bits per heavy atom. The normalized spacial score (nSPS) is 16.7. The second-order valence-corrected chi connectivity index (χ2v) is 5.55. The lowest BCUT2D eigenvalue weighted by atomic mass is 9.81. The van der Waals surface area contributed by atoms with Gasteiger partial charge >= 0.3 is 11.9 Å². The van der Waals surface area contributed by atoms with E-state index in [1.807, 2.05) is 6.07 Å². The summed E-state index contributed by atoms with van der Waals surface area (Å²) in [4.78, 5) is 36.8. The van der Waals surface area contributed by atoms with E-state index in [9.17, 15) is 14.4 Å². The molecule has 1 aliphatic rings. The van der Waals surface area contributed by atoms with Gasteiger partial charge in [-0.3, -0.25) is 14.4 Å². The second kappa shape index (κ2) is 7.22. The van der Waals surface area contributed by atoms with E-state index < -0.39 is 17.4 Å². The summed E-state index contributed by atoms with van der Waals surface area (Å²) < 4.78 is 9.60. The van der Waals surface area contributed by atoms with E-state index in [0.29, 0.717) is 30.4 Å². The fourth-order valence-corrected chi connectivity index (χ4v) is 2.91. The highest BCUT2D eigenvalue weighted by molar-refractivity contribution is 6.09. The Balaban J connectivity index is 2.30. The molecule has 0 heterocycles. The predicted octanol–water partition coefficient (Wildman–Crippen LogP) is 2.70. The van der Waals surface area contributed by atoms with Gasteiger partial charge in [0.05, 0.1) is 14.2 Å². The number of hydrogen-bond donors (Lipinski definition) is 0. The largest absolute Gasteiger partial charge is 0.468 e. The zero-order chi connectivity index (χ0) is 16.9. The Hall–Kier alpha value is -2.43. The van der Waals surface area contributed by atoms with Crippen LogP contribution in [-0.2, 0) is 19.1 Å². The van der Waals surface area contributed by atoms with Crippen LogP contribution in [0.4, 0.5) is 0 Å². The number of ketones is 1. The molecule has 0 fully saturated rings. The molecule has 0 N–H and O–H groups in total. The Morgan fingerprint density at radius 2 is 1.61 bits per heavy atom. The average Bonchev–Trinajstić information content (AvgIpc) is 2.84. The summed E-state index contributed by atoms with van der Waals surface area (Å²) in [7, 11) is 2.50. The Kier molecular flexibility index (Phi) is 5.32. The highest BCUT2D eigenvalue weighted by Gasteiger charge is 2.48. The van der Waals surface area contributed by atoms with E-state index in [2.05, 4.69) is 0 Å². The Labute approximate surface area is 135 Å². The van der Waals surface area contributed by atoms with Crippen LogP contribution in [0.15, 0.2) is 42.0 Å². The van der Waals surface area contributed by atoms with E-state index in [4.69, 9.17) is 9.47 Å². The van der Waals surface area contributed by atoms with Gasteiger partial charge in [-0.05, 0) is 31.3 Å². The van der Waals surface area contributed by atoms with E-state index in [1.54, 1.807) is 30.3 Å². The van der Waals surface area contributed by atoms with Gasteiger partial charge in [0.15, 0.2) is 11.2 Å². The zero-order valence-corrected chi connectivity index (χ0v) is 13.3. The molecular weight excluding hydrogens is 296 g/mol. The standard InChI is InChI=1S/C18H20O5/c1-22-16(20)18(17(21)23-2)11-6-9-14(10-12-18)15(19)13-7-4-3-5-8-13/h3-5,7-8,10H,6,9,11-12H2,1-2H3. The molecule has 0 saturated heterocycles. The topological polar surface area (TPSA) is 69.7 Å². The van der Waals surface area contributed by atoms with Crippen LogP contribution in [0.5, 0.6) is 0 Å². The molecule has 1 aliphatic carbocycles. The second-order valence-electron chi connectivity index (χ2n) is 5.55. The number of carbonyl (C=O) groups is 3. The number of hydrogen-bond acceptors (Lipinski definition) is 5. The van der Waals surface area contributed by atoms with E-state index in [-0.39, 0.29) is 12.2 Å². The molecule has 1 aromatic rings. The molecule has 0 atom stereocenters. The van der Waals surface area contributed by atoms with Gasteiger partial charge in [-0.15, -0.1) is 0 Å². The molecule has 0 saturated carbocycles. The molecule has 0 radical (unpaired) electrons. The van der Waals surface area contributed by atoms with Crippen LogP contribution in [0.1, 0.15) is 36.0 Å². The molecule has 0 spiro atoms. The first-order valence-electron chi connectivity index (χ1n) is 7.51. The summed E-state index contributed by atoms with van der Waals surface area (Å²) in [6.45, 7) is 0. The molecule has 0 bridgehead atoms. The minimum atomic E-state index is -1.36. The average molecular weight is 316 g/mol. The predicted molar refractivity (Wildman–Crippen MR) is 83.8 cm³/mol. The van der Waals surface area contributed by atoms with Crippen LogP contribution < -0.4 is 0 Å². The summed E-state index contributed by atoms with van der Waals surface area (Å²) in [5.41, 5.74) is -0.143. The van der Waals surface area contributed by atoms with Crippen LogP contribution in [0.3, 0.4) is 0 Å². The van der Waals surface area contributed by atoms with E-state index >= 15 is 0 Å². The highest BCUT2D eigenvalue weighted by Crippen LogP contribution is 2.37.